The minimum atomic E-state index is -3.82. The number of nitrogens with one attached hydrogen (secondary N) is 1. The molecular weight excluding hydrogens is 326 g/mol. The second-order valence-corrected chi connectivity index (χ2v) is 5.53. The van der Waals surface area contributed by atoms with Gasteiger partial charge in [0.1, 0.15) is 0 Å². The number of hydrogen-bond acceptors (Lipinski definition) is 6. The molecule has 0 saturated heterocycles. The number of primary amides is 1. The van der Waals surface area contributed by atoms with Crippen molar-refractivity contribution in [1.29, 1.82) is 0 Å². The fraction of sp³-hybridized carbons (Fsp3) is 0.571. The molecule has 0 bridgehead atoms. The van der Waals surface area contributed by atoms with Crippen LogP contribution >= 0.6 is 0 Å². The Morgan fingerprint density at radius 1 is 1.42 bits per heavy atom. The number of carbonyl (C=O) groups excluding carboxylic acids is 3. The van der Waals surface area contributed by atoms with E-state index in [9.17, 15) is 23.2 Å². The van der Waals surface area contributed by atoms with Crippen LogP contribution in [0.25, 0.3) is 0 Å². The van der Waals surface area contributed by atoms with Gasteiger partial charge in [0.15, 0.2) is 0 Å². The van der Waals surface area contributed by atoms with E-state index in [0.717, 1.165) is 12.8 Å². The first-order valence-electron chi connectivity index (χ1n) is 7.43. The number of alkyl halides is 2. The Hall–Kier alpha value is -2.39. The molecule has 1 fully saturated rings. The molecule has 2 amide bonds. The first-order chi connectivity index (χ1) is 11.2. The Morgan fingerprint density at radius 2 is 2.08 bits per heavy atom. The van der Waals surface area contributed by atoms with Crippen LogP contribution in [0, 0.1) is 6.42 Å². The normalized spacial score (nSPS) is 15.8. The summed E-state index contributed by atoms with van der Waals surface area (Å²) in [6, 6.07) is -0.997. The highest BCUT2D eigenvalue weighted by Crippen LogP contribution is 2.39. The van der Waals surface area contributed by atoms with E-state index in [0.29, 0.717) is 12.3 Å². The first-order valence-corrected chi connectivity index (χ1v) is 7.43. The number of rotatable bonds is 9. The van der Waals surface area contributed by atoms with E-state index in [1.165, 1.54) is 0 Å². The van der Waals surface area contributed by atoms with Crippen molar-refractivity contribution in [1.82, 2.24) is 15.5 Å². The van der Waals surface area contributed by atoms with Crippen LogP contribution in [0.5, 0.6) is 0 Å². The summed E-state index contributed by atoms with van der Waals surface area (Å²) < 4.78 is 31.4. The van der Waals surface area contributed by atoms with Crippen molar-refractivity contribution in [3.8, 4) is 0 Å². The molecule has 2 rings (SSSR count). The molecule has 1 aromatic heterocycles. The van der Waals surface area contributed by atoms with Crippen molar-refractivity contribution in [2.24, 2.45) is 5.73 Å². The number of nitrogens with two attached hydrogens (primary N) is 1. The summed E-state index contributed by atoms with van der Waals surface area (Å²) in [6.45, 7) is 1.62. The van der Waals surface area contributed by atoms with Crippen molar-refractivity contribution in [2.45, 2.75) is 50.5 Å². The highest BCUT2D eigenvalue weighted by molar-refractivity contribution is 5.99. The number of halogens is 2. The average Bonchev–Trinajstić information content (AvgIpc) is 3.27. The van der Waals surface area contributed by atoms with Crippen molar-refractivity contribution in [3.63, 3.8) is 0 Å². The minimum Gasteiger partial charge on any atom is -0.418 e. The first kappa shape index (κ1) is 18.0. The molecule has 1 aliphatic rings. The largest absolute Gasteiger partial charge is 0.418 e. The molecule has 1 heterocycles. The Bertz CT molecular complexity index is 642. The maximum Gasteiger partial charge on any atom is 0.325 e. The Balaban J connectivity index is 1.91. The van der Waals surface area contributed by atoms with Gasteiger partial charge in [-0.05, 0) is 19.3 Å². The van der Waals surface area contributed by atoms with Crippen LogP contribution in [-0.4, -0.2) is 39.8 Å². The molecule has 1 aliphatic carbocycles. The number of hydrogen-bond donors (Lipinski definition) is 2. The van der Waals surface area contributed by atoms with Crippen LogP contribution in [0.15, 0.2) is 4.42 Å². The zero-order chi connectivity index (χ0) is 17.9. The van der Waals surface area contributed by atoms with Gasteiger partial charge in [0.05, 0.1) is 12.5 Å². The number of nitrogens with zero attached hydrogens (tertiary/aromatic N) is 2. The SMILES string of the molecule is CC[C@H](NC(=O)[CH]CC(F)(F)C(N)=O)C(=O)c1nnc(C2CC2)o1. The number of ketones is 1. The summed E-state index contributed by atoms with van der Waals surface area (Å²) in [5.74, 6) is -6.84. The quantitative estimate of drug-likeness (QED) is 0.636. The predicted molar refractivity (Wildman–Crippen MR) is 75.9 cm³/mol. The van der Waals surface area contributed by atoms with Crippen LogP contribution in [0.2, 0.25) is 0 Å². The van der Waals surface area contributed by atoms with Crippen LogP contribution in [0.3, 0.4) is 0 Å². The molecule has 0 unspecified atom stereocenters. The summed E-state index contributed by atoms with van der Waals surface area (Å²) in [4.78, 5) is 34.4. The molecule has 1 atom stereocenters. The monoisotopic (exact) mass is 343 g/mol. The van der Waals surface area contributed by atoms with E-state index >= 15 is 0 Å². The zero-order valence-corrected chi connectivity index (χ0v) is 12.9. The second kappa shape index (κ2) is 7.02. The van der Waals surface area contributed by atoms with Gasteiger partial charge in [-0.1, -0.05) is 6.92 Å². The lowest BCUT2D eigenvalue weighted by Gasteiger charge is -2.15. The fourth-order valence-electron chi connectivity index (χ4n) is 1.88. The van der Waals surface area contributed by atoms with Gasteiger partial charge in [-0.2, -0.15) is 8.78 Å². The maximum atomic E-state index is 13.0. The third-order valence-electron chi connectivity index (χ3n) is 3.52. The third kappa shape index (κ3) is 4.33. The van der Waals surface area contributed by atoms with Crippen LogP contribution in [-0.2, 0) is 9.59 Å². The van der Waals surface area contributed by atoms with Gasteiger partial charge in [0.2, 0.25) is 17.6 Å². The van der Waals surface area contributed by atoms with Gasteiger partial charge in [0, 0.05) is 12.3 Å². The van der Waals surface area contributed by atoms with Crippen molar-refractivity contribution in [2.75, 3.05) is 0 Å². The number of amides is 2. The highest BCUT2D eigenvalue weighted by Gasteiger charge is 2.37. The molecule has 0 spiro atoms. The van der Waals surface area contributed by atoms with Gasteiger partial charge in [0.25, 0.3) is 11.8 Å². The third-order valence-corrected chi connectivity index (χ3v) is 3.52. The summed E-state index contributed by atoms with van der Waals surface area (Å²) in [6.07, 6.45) is 1.47. The number of aromatic nitrogens is 2. The van der Waals surface area contributed by atoms with Gasteiger partial charge in [-0.3, -0.25) is 14.4 Å². The fourth-order valence-corrected chi connectivity index (χ4v) is 1.88. The lowest BCUT2D eigenvalue weighted by Crippen LogP contribution is -2.42. The highest BCUT2D eigenvalue weighted by atomic mass is 19.3. The molecule has 8 nitrogen and oxygen atoms in total. The van der Waals surface area contributed by atoms with E-state index in [-0.39, 0.29) is 18.2 Å². The molecular formula is C14H17F2N4O4. The Morgan fingerprint density at radius 3 is 2.62 bits per heavy atom. The van der Waals surface area contributed by atoms with Crippen LogP contribution in [0.1, 0.15) is 55.1 Å². The summed E-state index contributed by atoms with van der Waals surface area (Å²) >= 11 is 0. The van der Waals surface area contributed by atoms with E-state index in [4.69, 9.17) is 4.42 Å². The molecule has 24 heavy (non-hydrogen) atoms. The molecule has 131 valence electrons. The minimum absolute atomic E-state index is 0.179. The van der Waals surface area contributed by atoms with E-state index in [2.05, 4.69) is 21.2 Å². The molecule has 0 aromatic carbocycles. The van der Waals surface area contributed by atoms with Crippen LogP contribution < -0.4 is 11.1 Å². The smallest absolute Gasteiger partial charge is 0.325 e. The molecule has 1 radical (unpaired) electrons. The van der Waals surface area contributed by atoms with E-state index in [1.54, 1.807) is 6.92 Å². The van der Waals surface area contributed by atoms with Gasteiger partial charge < -0.3 is 15.5 Å². The number of carbonyl (C=O) groups is 3. The summed E-state index contributed by atoms with van der Waals surface area (Å²) in [5.41, 5.74) is 4.52. The van der Waals surface area contributed by atoms with E-state index < -0.39 is 36.0 Å². The van der Waals surface area contributed by atoms with Crippen molar-refractivity contribution < 1.29 is 27.6 Å². The zero-order valence-electron chi connectivity index (χ0n) is 12.9. The van der Waals surface area contributed by atoms with E-state index in [1.807, 2.05) is 0 Å². The Labute approximate surface area is 136 Å². The molecule has 10 heteroatoms. The molecule has 1 saturated carbocycles. The average molecular weight is 343 g/mol. The molecule has 3 N–H and O–H groups in total. The number of Topliss-reactive ketones (excluding diaryl/α,β-unsaturated/α-hetero) is 1. The van der Waals surface area contributed by atoms with Crippen LogP contribution in [0.4, 0.5) is 8.78 Å². The van der Waals surface area contributed by atoms with Gasteiger partial charge in [-0.15, -0.1) is 10.2 Å². The summed E-state index contributed by atoms with van der Waals surface area (Å²) in [5, 5.41) is 9.70. The topological polar surface area (TPSA) is 128 Å². The van der Waals surface area contributed by atoms with Crippen molar-refractivity contribution in [3.05, 3.63) is 18.2 Å². The van der Waals surface area contributed by atoms with Gasteiger partial charge in [-0.25, -0.2) is 0 Å². The summed E-state index contributed by atoms with van der Waals surface area (Å²) in [7, 11) is 0. The predicted octanol–water partition coefficient (Wildman–Crippen LogP) is 0.739. The second-order valence-electron chi connectivity index (χ2n) is 5.53. The standard InChI is InChI=1S/C14H17F2N4O4/c1-2-8(18-9(21)5-6-14(15,16)13(17)23)10(22)12-20-19-11(24-12)7-3-4-7/h5,7-8H,2-4,6H2,1H3,(H2,17,23)(H,18,21)/t8-/m0/s1. The Kier molecular flexibility index (Phi) is 5.25. The molecule has 1 aromatic rings. The lowest BCUT2D eigenvalue weighted by molar-refractivity contribution is -0.142. The van der Waals surface area contributed by atoms with Crippen molar-refractivity contribution >= 4 is 17.6 Å². The lowest BCUT2D eigenvalue weighted by atomic mass is 10.1. The maximum absolute atomic E-state index is 13.0. The van der Waals surface area contributed by atoms with Gasteiger partial charge >= 0.3 is 5.92 Å². The molecule has 0 aliphatic heterocycles.